The molecule has 24 heavy (non-hydrogen) atoms. The van der Waals surface area contributed by atoms with Crippen LogP contribution in [-0.4, -0.2) is 41.2 Å². The normalized spacial score (nSPS) is 12.0. The molecule has 0 aliphatic carbocycles. The number of nitrogens with zero attached hydrogens (tertiary/aromatic N) is 1. The fraction of sp³-hybridized carbons (Fsp3) is 0.500. The maximum absolute atomic E-state index is 12.3. The molecule has 1 heterocycles. The Kier molecular flexibility index (Phi) is 7.16. The molecule has 2 amide bonds. The summed E-state index contributed by atoms with van der Waals surface area (Å²) in [6.45, 7) is 6.93. The third-order valence-corrected chi connectivity index (χ3v) is 2.61. The molecule has 132 valence electrons. The minimum Gasteiger partial charge on any atom is -0.466 e. The van der Waals surface area contributed by atoms with Crippen LogP contribution in [0.4, 0.5) is 10.5 Å². The molecule has 1 rings (SSSR count). The van der Waals surface area contributed by atoms with Crippen LogP contribution in [0.3, 0.4) is 0 Å². The van der Waals surface area contributed by atoms with E-state index in [0.29, 0.717) is 5.69 Å². The summed E-state index contributed by atoms with van der Waals surface area (Å²) in [7, 11) is 0. The number of amides is 2. The Balaban J connectivity index is 2.78. The third kappa shape index (κ3) is 7.57. The van der Waals surface area contributed by atoms with Crippen molar-refractivity contribution in [2.24, 2.45) is 0 Å². The molecular weight excluding hydrogens is 314 g/mol. The quantitative estimate of drug-likeness (QED) is 0.768. The number of aromatic nitrogens is 1. The summed E-state index contributed by atoms with van der Waals surface area (Å²) in [5.41, 5.74) is -0.277. The molecule has 8 heteroatoms. The zero-order chi connectivity index (χ0) is 18.2. The summed E-state index contributed by atoms with van der Waals surface area (Å²) in [6, 6.07) is 2.16. The summed E-state index contributed by atoms with van der Waals surface area (Å²) >= 11 is 0. The van der Waals surface area contributed by atoms with E-state index in [1.807, 2.05) is 0 Å². The molecule has 0 bridgehead atoms. The van der Waals surface area contributed by atoms with E-state index in [0.717, 1.165) is 0 Å². The molecule has 0 radical (unpaired) electrons. The zero-order valence-corrected chi connectivity index (χ0v) is 14.3. The van der Waals surface area contributed by atoms with Crippen LogP contribution in [0.2, 0.25) is 0 Å². The molecule has 0 spiro atoms. The van der Waals surface area contributed by atoms with Crippen molar-refractivity contribution in [1.29, 1.82) is 0 Å². The molecule has 0 saturated heterocycles. The first-order valence-corrected chi connectivity index (χ1v) is 7.57. The zero-order valence-electron chi connectivity index (χ0n) is 14.3. The maximum atomic E-state index is 12.3. The van der Waals surface area contributed by atoms with Crippen LogP contribution in [0.1, 0.15) is 34.1 Å². The van der Waals surface area contributed by atoms with Gasteiger partial charge in [-0.1, -0.05) is 0 Å². The van der Waals surface area contributed by atoms with Gasteiger partial charge in [-0.2, -0.15) is 0 Å². The first-order chi connectivity index (χ1) is 11.2. The van der Waals surface area contributed by atoms with E-state index in [1.54, 1.807) is 46.0 Å². The Morgan fingerprint density at radius 3 is 2.54 bits per heavy atom. The van der Waals surface area contributed by atoms with E-state index < -0.39 is 29.6 Å². The topological polar surface area (TPSA) is 107 Å². The van der Waals surface area contributed by atoms with Crippen LogP contribution in [0.5, 0.6) is 0 Å². The first kappa shape index (κ1) is 19.4. The standard InChI is InChI=1S/C16H23N3O5/c1-5-23-13(20)9-12(19-15(22)24-16(2,3)4)14(21)18-11-7-6-8-17-10-11/h6-8,10,12H,5,9H2,1-4H3,(H,18,21)(H,19,22)/t12-/m1/s1. The fourth-order valence-corrected chi connectivity index (χ4v) is 1.71. The van der Waals surface area contributed by atoms with Crippen LogP contribution < -0.4 is 10.6 Å². The molecular formula is C16H23N3O5. The van der Waals surface area contributed by atoms with Gasteiger partial charge in [0.25, 0.3) is 0 Å². The number of alkyl carbamates (subject to hydrolysis) is 1. The van der Waals surface area contributed by atoms with E-state index >= 15 is 0 Å². The highest BCUT2D eigenvalue weighted by Crippen LogP contribution is 2.09. The van der Waals surface area contributed by atoms with E-state index in [-0.39, 0.29) is 13.0 Å². The number of pyridine rings is 1. The SMILES string of the molecule is CCOC(=O)C[C@@H](NC(=O)OC(C)(C)C)C(=O)Nc1cccnc1. The van der Waals surface area contributed by atoms with E-state index in [2.05, 4.69) is 15.6 Å². The van der Waals surface area contributed by atoms with Crippen LogP contribution in [-0.2, 0) is 19.1 Å². The first-order valence-electron chi connectivity index (χ1n) is 7.57. The van der Waals surface area contributed by atoms with Crippen LogP contribution in [0.25, 0.3) is 0 Å². The molecule has 0 aliphatic heterocycles. The van der Waals surface area contributed by atoms with Gasteiger partial charge in [0.05, 0.1) is 24.9 Å². The minimum atomic E-state index is -1.13. The van der Waals surface area contributed by atoms with Crippen molar-refractivity contribution in [3.05, 3.63) is 24.5 Å². The van der Waals surface area contributed by atoms with Gasteiger partial charge < -0.3 is 20.1 Å². The minimum absolute atomic E-state index is 0.183. The smallest absolute Gasteiger partial charge is 0.408 e. The van der Waals surface area contributed by atoms with Crippen molar-refractivity contribution in [3.63, 3.8) is 0 Å². The Morgan fingerprint density at radius 1 is 1.29 bits per heavy atom. The van der Waals surface area contributed by atoms with Gasteiger partial charge in [0.2, 0.25) is 5.91 Å². The van der Waals surface area contributed by atoms with Gasteiger partial charge in [-0.05, 0) is 39.8 Å². The molecule has 2 N–H and O–H groups in total. The highest BCUT2D eigenvalue weighted by Gasteiger charge is 2.27. The summed E-state index contributed by atoms with van der Waals surface area (Å²) < 4.78 is 9.95. The molecule has 0 saturated carbocycles. The van der Waals surface area contributed by atoms with Gasteiger partial charge in [0.1, 0.15) is 11.6 Å². The average Bonchev–Trinajstić information content (AvgIpc) is 2.45. The lowest BCUT2D eigenvalue weighted by Gasteiger charge is -2.23. The number of anilines is 1. The van der Waals surface area contributed by atoms with Crippen molar-refractivity contribution in [2.45, 2.75) is 45.8 Å². The Labute approximate surface area is 140 Å². The molecule has 0 aliphatic rings. The van der Waals surface area contributed by atoms with Crippen molar-refractivity contribution in [2.75, 3.05) is 11.9 Å². The van der Waals surface area contributed by atoms with Gasteiger partial charge >= 0.3 is 12.1 Å². The van der Waals surface area contributed by atoms with Crippen LogP contribution in [0.15, 0.2) is 24.5 Å². The Morgan fingerprint density at radius 2 is 2.00 bits per heavy atom. The van der Waals surface area contributed by atoms with E-state index in [4.69, 9.17) is 9.47 Å². The fourth-order valence-electron chi connectivity index (χ4n) is 1.71. The lowest BCUT2D eigenvalue weighted by molar-refractivity contribution is -0.144. The van der Waals surface area contributed by atoms with Crippen molar-refractivity contribution in [1.82, 2.24) is 10.3 Å². The second-order valence-electron chi connectivity index (χ2n) is 5.94. The third-order valence-electron chi connectivity index (χ3n) is 2.61. The lowest BCUT2D eigenvalue weighted by Crippen LogP contribution is -2.47. The highest BCUT2D eigenvalue weighted by atomic mass is 16.6. The van der Waals surface area contributed by atoms with Crippen LogP contribution in [0, 0.1) is 0 Å². The Hall–Kier alpha value is -2.64. The number of hydrogen-bond donors (Lipinski definition) is 2. The lowest BCUT2D eigenvalue weighted by atomic mass is 10.2. The molecule has 1 aromatic rings. The number of rotatable bonds is 6. The Bertz CT molecular complexity index is 569. The number of hydrogen-bond acceptors (Lipinski definition) is 6. The number of ether oxygens (including phenoxy) is 2. The molecule has 0 aromatic carbocycles. The molecule has 1 aromatic heterocycles. The summed E-state index contributed by atoms with van der Waals surface area (Å²) in [5.74, 6) is -1.16. The predicted molar refractivity (Wildman–Crippen MR) is 87.3 cm³/mol. The summed E-state index contributed by atoms with van der Waals surface area (Å²) in [6.07, 6.45) is 1.91. The van der Waals surface area contributed by atoms with Gasteiger partial charge in [-0.15, -0.1) is 0 Å². The van der Waals surface area contributed by atoms with E-state index in [1.165, 1.54) is 6.20 Å². The maximum Gasteiger partial charge on any atom is 0.408 e. The van der Waals surface area contributed by atoms with Gasteiger partial charge in [-0.3, -0.25) is 14.6 Å². The second-order valence-corrected chi connectivity index (χ2v) is 5.94. The van der Waals surface area contributed by atoms with Gasteiger partial charge in [0.15, 0.2) is 0 Å². The number of nitrogens with one attached hydrogen (secondary N) is 2. The molecule has 0 fully saturated rings. The van der Waals surface area contributed by atoms with Crippen LogP contribution >= 0.6 is 0 Å². The number of carbonyl (C=O) groups is 3. The van der Waals surface area contributed by atoms with Gasteiger partial charge in [-0.25, -0.2) is 4.79 Å². The monoisotopic (exact) mass is 337 g/mol. The number of esters is 1. The summed E-state index contributed by atoms with van der Waals surface area (Å²) in [5, 5.41) is 4.97. The predicted octanol–water partition coefficient (Wildman–Crippen LogP) is 1.87. The molecule has 0 unspecified atom stereocenters. The van der Waals surface area contributed by atoms with Crippen molar-refractivity contribution < 1.29 is 23.9 Å². The highest BCUT2D eigenvalue weighted by molar-refractivity contribution is 5.98. The molecule has 8 nitrogen and oxygen atoms in total. The van der Waals surface area contributed by atoms with Crippen molar-refractivity contribution in [3.8, 4) is 0 Å². The van der Waals surface area contributed by atoms with Crippen molar-refractivity contribution >= 4 is 23.7 Å². The van der Waals surface area contributed by atoms with E-state index in [9.17, 15) is 14.4 Å². The summed E-state index contributed by atoms with van der Waals surface area (Å²) in [4.78, 5) is 39.8. The number of carbonyl (C=O) groups excluding carboxylic acids is 3. The largest absolute Gasteiger partial charge is 0.466 e. The molecule has 1 atom stereocenters. The van der Waals surface area contributed by atoms with Gasteiger partial charge in [0, 0.05) is 6.20 Å². The average molecular weight is 337 g/mol. The second kappa shape index (κ2) is 8.85.